The van der Waals surface area contributed by atoms with Crippen LogP contribution in [-0.4, -0.2) is 49.2 Å². The Morgan fingerprint density at radius 2 is 1.95 bits per heavy atom. The number of rotatable bonds is 6. The lowest BCUT2D eigenvalue weighted by atomic mass is 9.90. The molecule has 1 atom stereocenters. The SMILES string of the molecule is CCOC(=O)C(C)(CCc1ccccc1)N1CCNCC1. The molecule has 21 heavy (non-hydrogen) atoms. The highest BCUT2D eigenvalue weighted by Crippen LogP contribution is 2.24. The first-order valence-electron chi connectivity index (χ1n) is 7.83. The van der Waals surface area contributed by atoms with Gasteiger partial charge in [-0.25, -0.2) is 0 Å². The molecule has 0 radical (unpaired) electrons. The monoisotopic (exact) mass is 290 g/mol. The van der Waals surface area contributed by atoms with E-state index in [2.05, 4.69) is 22.3 Å². The number of carbonyl (C=O) groups excluding carboxylic acids is 1. The zero-order valence-electron chi connectivity index (χ0n) is 13.1. The Labute approximate surface area is 127 Å². The summed E-state index contributed by atoms with van der Waals surface area (Å²) in [6, 6.07) is 10.3. The number of hydrogen-bond donors (Lipinski definition) is 1. The molecule has 1 aromatic carbocycles. The van der Waals surface area contributed by atoms with Gasteiger partial charge in [-0.05, 0) is 32.3 Å². The Balaban J connectivity index is 2.08. The summed E-state index contributed by atoms with van der Waals surface area (Å²) in [7, 11) is 0. The van der Waals surface area contributed by atoms with E-state index in [0.717, 1.165) is 39.0 Å². The molecular formula is C17H26N2O2. The van der Waals surface area contributed by atoms with Gasteiger partial charge in [0.05, 0.1) is 6.61 Å². The van der Waals surface area contributed by atoms with Crippen molar-refractivity contribution in [1.29, 1.82) is 0 Å². The quantitative estimate of drug-likeness (QED) is 0.812. The van der Waals surface area contributed by atoms with Crippen LogP contribution in [0.3, 0.4) is 0 Å². The van der Waals surface area contributed by atoms with E-state index in [1.54, 1.807) is 0 Å². The number of hydrogen-bond acceptors (Lipinski definition) is 4. The van der Waals surface area contributed by atoms with Crippen LogP contribution in [0.5, 0.6) is 0 Å². The molecule has 0 aromatic heterocycles. The van der Waals surface area contributed by atoms with Crippen molar-refractivity contribution in [1.82, 2.24) is 10.2 Å². The molecule has 1 fully saturated rings. The van der Waals surface area contributed by atoms with Crippen LogP contribution in [0.1, 0.15) is 25.8 Å². The van der Waals surface area contributed by atoms with Crippen molar-refractivity contribution in [2.75, 3.05) is 32.8 Å². The van der Waals surface area contributed by atoms with Crippen LogP contribution in [0.15, 0.2) is 30.3 Å². The molecule has 1 aliphatic rings. The molecule has 4 nitrogen and oxygen atoms in total. The minimum Gasteiger partial charge on any atom is -0.465 e. The van der Waals surface area contributed by atoms with E-state index in [0.29, 0.717) is 6.61 Å². The summed E-state index contributed by atoms with van der Waals surface area (Å²) in [6.07, 6.45) is 1.68. The van der Waals surface area contributed by atoms with Gasteiger partial charge in [0.1, 0.15) is 5.54 Å². The van der Waals surface area contributed by atoms with E-state index in [9.17, 15) is 4.79 Å². The Bertz CT molecular complexity index is 443. The molecule has 0 amide bonds. The molecule has 0 spiro atoms. The number of carbonyl (C=O) groups is 1. The highest BCUT2D eigenvalue weighted by molar-refractivity contribution is 5.80. The van der Waals surface area contributed by atoms with E-state index in [-0.39, 0.29) is 5.97 Å². The van der Waals surface area contributed by atoms with Gasteiger partial charge in [0.25, 0.3) is 0 Å². The molecular weight excluding hydrogens is 264 g/mol. The fourth-order valence-corrected chi connectivity index (χ4v) is 2.87. The maximum Gasteiger partial charge on any atom is 0.326 e. The first-order chi connectivity index (χ1) is 10.2. The van der Waals surface area contributed by atoms with Crippen LogP contribution in [0, 0.1) is 0 Å². The van der Waals surface area contributed by atoms with Crippen molar-refractivity contribution >= 4 is 5.97 Å². The molecule has 116 valence electrons. The Hall–Kier alpha value is -1.39. The van der Waals surface area contributed by atoms with Gasteiger partial charge in [-0.2, -0.15) is 0 Å². The van der Waals surface area contributed by atoms with Crippen molar-refractivity contribution in [2.24, 2.45) is 0 Å². The van der Waals surface area contributed by atoms with Crippen LogP contribution < -0.4 is 5.32 Å². The fraction of sp³-hybridized carbons (Fsp3) is 0.588. The van der Waals surface area contributed by atoms with Crippen LogP contribution >= 0.6 is 0 Å². The first kappa shape index (κ1) is 16.0. The molecule has 1 aromatic rings. The standard InChI is InChI=1S/C17H26N2O2/c1-3-21-16(20)17(2,19-13-11-18-12-14-19)10-9-15-7-5-4-6-8-15/h4-8,18H,3,9-14H2,1-2H3. The second kappa shape index (κ2) is 7.57. The smallest absolute Gasteiger partial charge is 0.326 e. The Morgan fingerprint density at radius 3 is 2.57 bits per heavy atom. The van der Waals surface area contributed by atoms with Gasteiger partial charge in [0.15, 0.2) is 0 Å². The summed E-state index contributed by atoms with van der Waals surface area (Å²) in [4.78, 5) is 14.8. The van der Waals surface area contributed by atoms with E-state index >= 15 is 0 Å². The van der Waals surface area contributed by atoms with Crippen molar-refractivity contribution in [3.05, 3.63) is 35.9 Å². The third kappa shape index (κ3) is 4.05. The number of aryl methyl sites for hydroxylation is 1. The second-order valence-corrected chi connectivity index (χ2v) is 5.72. The van der Waals surface area contributed by atoms with Gasteiger partial charge in [0.2, 0.25) is 0 Å². The predicted octanol–water partition coefficient (Wildman–Crippen LogP) is 1.85. The molecule has 1 saturated heterocycles. The highest BCUT2D eigenvalue weighted by Gasteiger charge is 2.40. The minimum absolute atomic E-state index is 0.0946. The van der Waals surface area contributed by atoms with E-state index in [4.69, 9.17) is 4.74 Å². The summed E-state index contributed by atoms with van der Waals surface area (Å²) in [5.74, 6) is -0.0946. The average Bonchev–Trinajstić information content (AvgIpc) is 2.54. The molecule has 1 N–H and O–H groups in total. The zero-order chi connectivity index (χ0) is 15.1. The lowest BCUT2D eigenvalue weighted by molar-refractivity contribution is -0.158. The van der Waals surface area contributed by atoms with Gasteiger partial charge in [-0.3, -0.25) is 9.69 Å². The van der Waals surface area contributed by atoms with Crippen LogP contribution in [-0.2, 0) is 16.0 Å². The molecule has 0 bridgehead atoms. The summed E-state index contributed by atoms with van der Waals surface area (Å²) in [5, 5.41) is 3.34. The Morgan fingerprint density at radius 1 is 1.29 bits per heavy atom. The molecule has 0 saturated carbocycles. The lowest BCUT2D eigenvalue weighted by Gasteiger charge is -2.41. The molecule has 1 heterocycles. The van der Waals surface area contributed by atoms with Crippen LogP contribution in [0.25, 0.3) is 0 Å². The fourth-order valence-electron chi connectivity index (χ4n) is 2.87. The topological polar surface area (TPSA) is 41.6 Å². The number of nitrogens with zero attached hydrogens (tertiary/aromatic N) is 1. The van der Waals surface area contributed by atoms with Gasteiger partial charge in [-0.15, -0.1) is 0 Å². The molecule has 4 heteroatoms. The summed E-state index contributed by atoms with van der Waals surface area (Å²) >= 11 is 0. The maximum absolute atomic E-state index is 12.5. The zero-order valence-corrected chi connectivity index (χ0v) is 13.1. The average molecular weight is 290 g/mol. The maximum atomic E-state index is 12.5. The van der Waals surface area contributed by atoms with Crippen molar-refractivity contribution in [2.45, 2.75) is 32.2 Å². The van der Waals surface area contributed by atoms with Gasteiger partial charge in [-0.1, -0.05) is 30.3 Å². The minimum atomic E-state index is -0.534. The number of esters is 1. The molecule has 0 aliphatic carbocycles. The van der Waals surface area contributed by atoms with E-state index in [1.165, 1.54) is 5.56 Å². The number of piperazine rings is 1. The number of ether oxygens (including phenoxy) is 1. The number of nitrogens with one attached hydrogen (secondary N) is 1. The van der Waals surface area contributed by atoms with Gasteiger partial charge in [0, 0.05) is 26.2 Å². The summed E-state index contributed by atoms with van der Waals surface area (Å²) in [6.45, 7) is 7.98. The second-order valence-electron chi connectivity index (χ2n) is 5.72. The predicted molar refractivity (Wildman–Crippen MR) is 84.2 cm³/mol. The van der Waals surface area contributed by atoms with Crippen LogP contribution in [0.2, 0.25) is 0 Å². The van der Waals surface area contributed by atoms with Crippen LogP contribution in [0.4, 0.5) is 0 Å². The Kier molecular flexibility index (Phi) is 5.76. The highest BCUT2D eigenvalue weighted by atomic mass is 16.5. The molecule has 1 unspecified atom stereocenters. The molecule has 2 rings (SSSR count). The van der Waals surface area contributed by atoms with E-state index < -0.39 is 5.54 Å². The van der Waals surface area contributed by atoms with Gasteiger partial charge >= 0.3 is 5.97 Å². The first-order valence-corrected chi connectivity index (χ1v) is 7.83. The van der Waals surface area contributed by atoms with E-state index in [1.807, 2.05) is 32.0 Å². The van der Waals surface area contributed by atoms with Crippen molar-refractivity contribution < 1.29 is 9.53 Å². The normalized spacial score (nSPS) is 19.0. The lowest BCUT2D eigenvalue weighted by Crippen LogP contribution is -2.59. The molecule has 1 aliphatic heterocycles. The third-order valence-corrected chi connectivity index (χ3v) is 4.27. The van der Waals surface area contributed by atoms with Crippen molar-refractivity contribution in [3.63, 3.8) is 0 Å². The largest absolute Gasteiger partial charge is 0.465 e. The number of benzene rings is 1. The third-order valence-electron chi connectivity index (χ3n) is 4.27. The summed E-state index contributed by atoms with van der Waals surface area (Å²) < 4.78 is 5.35. The summed E-state index contributed by atoms with van der Waals surface area (Å²) in [5.41, 5.74) is 0.733. The van der Waals surface area contributed by atoms with Crippen molar-refractivity contribution in [3.8, 4) is 0 Å². The van der Waals surface area contributed by atoms with Gasteiger partial charge < -0.3 is 10.1 Å².